The number of aryl methyl sites for hydroxylation is 1. The number of allylic oxidation sites excluding steroid dienone is 6. The molecule has 1 heterocycles. The molecule has 1 spiro atoms. The molecule has 1 saturated carbocycles. The lowest BCUT2D eigenvalue weighted by Crippen LogP contribution is -2.15. The smallest absolute Gasteiger partial charge is 0.0390 e. The number of fused-ring (bicyclic) bond motifs is 6. The number of hydrogen-bond donors (Lipinski definition) is 0. The van der Waals surface area contributed by atoms with Gasteiger partial charge in [0.2, 0.25) is 0 Å². The third-order valence-corrected chi connectivity index (χ3v) is 12.5. The van der Waals surface area contributed by atoms with Crippen LogP contribution in [0.3, 0.4) is 0 Å². The van der Waals surface area contributed by atoms with Gasteiger partial charge in [0.1, 0.15) is 0 Å². The minimum Gasteiger partial charge on any atom is -0.135 e. The second-order valence-corrected chi connectivity index (χ2v) is 14.8. The van der Waals surface area contributed by atoms with Crippen molar-refractivity contribution >= 4 is 43.2 Å². The summed E-state index contributed by atoms with van der Waals surface area (Å²) in [6, 6.07) is 39.4. The maximum absolute atomic E-state index is 2.52. The van der Waals surface area contributed by atoms with E-state index in [0.717, 1.165) is 6.42 Å². The normalized spacial score (nSPS) is 23.7. The highest BCUT2D eigenvalue weighted by Gasteiger charge is 2.68. The zero-order chi connectivity index (χ0) is 30.6. The SMILES string of the molecule is Cc1ccc(-c2cccc(C3[C@@H]4c5ccccc5C(c5ccccc5)=C5C=CC=CC534)c2)c2c1sc1cc3c(cc12)C(C)CC=C3. The maximum atomic E-state index is 2.52. The Labute approximate surface area is 274 Å². The van der Waals surface area contributed by atoms with Crippen LogP contribution in [0.2, 0.25) is 0 Å². The lowest BCUT2D eigenvalue weighted by Gasteiger charge is -2.29. The third-order valence-electron chi connectivity index (χ3n) is 11.3. The monoisotopic (exact) mass is 606 g/mol. The quantitative estimate of drug-likeness (QED) is 0.188. The van der Waals surface area contributed by atoms with Gasteiger partial charge in [0.15, 0.2) is 0 Å². The lowest BCUT2D eigenvalue weighted by molar-refractivity contribution is 0.731. The van der Waals surface area contributed by atoms with Gasteiger partial charge >= 0.3 is 0 Å². The molecule has 5 aromatic carbocycles. The summed E-state index contributed by atoms with van der Waals surface area (Å²) in [4.78, 5) is 0. The fourth-order valence-electron chi connectivity index (χ4n) is 9.14. The van der Waals surface area contributed by atoms with Crippen LogP contribution < -0.4 is 0 Å². The van der Waals surface area contributed by atoms with Gasteiger partial charge in [-0.3, -0.25) is 0 Å². The Balaban J connectivity index is 1.16. The van der Waals surface area contributed by atoms with Crippen molar-refractivity contribution in [3.05, 3.63) is 178 Å². The van der Waals surface area contributed by atoms with Gasteiger partial charge in [-0.25, -0.2) is 0 Å². The highest BCUT2D eigenvalue weighted by Crippen LogP contribution is 2.78. The standard InChI is InChI=1S/C45H34S/c1-27-12-10-15-31-25-39-37(26-36(27)31)41-33(22-21-28(2)44(41)46-39)30-16-11-17-32(24-30)42-43-35-19-7-6-18-34(35)40(29-13-4-3-5-14-29)38-20-8-9-23-45(38,42)43/h3-11,13-27,42-43H,12H2,1-2H3/t27?,42?,43-,45?/m0/s1. The predicted octanol–water partition coefficient (Wildman–Crippen LogP) is 12.4. The first-order valence-corrected chi connectivity index (χ1v) is 17.5. The molecule has 0 bridgehead atoms. The van der Waals surface area contributed by atoms with Crippen LogP contribution in [0.1, 0.15) is 70.0 Å². The number of benzene rings is 5. The van der Waals surface area contributed by atoms with Crippen LogP contribution in [0.4, 0.5) is 0 Å². The first-order valence-electron chi connectivity index (χ1n) is 16.7. The van der Waals surface area contributed by atoms with Crippen LogP contribution >= 0.6 is 11.3 Å². The van der Waals surface area contributed by atoms with Gasteiger partial charge in [0.05, 0.1) is 0 Å². The molecule has 46 heavy (non-hydrogen) atoms. The predicted molar refractivity (Wildman–Crippen MR) is 197 cm³/mol. The molecule has 10 rings (SSSR count). The van der Waals surface area contributed by atoms with Gasteiger partial charge in [-0.1, -0.05) is 134 Å². The van der Waals surface area contributed by atoms with Crippen molar-refractivity contribution in [2.75, 3.05) is 0 Å². The van der Waals surface area contributed by atoms with E-state index in [1.165, 1.54) is 81.4 Å². The van der Waals surface area contributed by atoms with Crippen LogP contribution in [0.15, 0.2) is 139 Å². The number of hydrogen-bond acceptors (Lipinski definition) is 1. The summed E-state index contributed by atoms with van der Waals surface area (Å²) in [5.74, 6) is 1.38. The van der Waals surface area contributed by atoms with Crippen molar-refractivity contribution in [3.8, 4) is 11.1 Å². The van der Waals surface area contributed by atoms with Crippen LogP contribution in [0.25, 0.3) is 42.9 Å². The van der Waals surface area contributed by atoms with Crippen LogP contribution in [-0.4, -0.2) is 0 Å². The van der Waals surface area contributed by atoms with E-state index in [0.29, 0.717) is 17.8 Å². The molecule has 1 aromatic heterocycles. The maximum Gasteiger partial charge on any atom is 0.0390 e. The van der Waals surface area contributed by atoms with E-state index in [2.05, 4.69) is 153 Å². The summed E-state index contributed by atoms with van der Waals surface area (Å²) in [7, 11) is 0. The molecule has 4 aliphatic carbocycles. The molecule has 0 aliphatic heterocycles. The zero-order valence-corrected chi connectivity index (χ0v) is 26.9. The van der Waals surface area contributed by atoms with E-state index in [4.69, 9.17) is 0 Å². The lowest BCUT2D eigenvalue weighted by atomic mass is 9.74. The molecule has 1 fully saturated rings. The van der Waals surface area contributed by atoms with Gasteiger partial charge in [0, 0.05) is 37.4 Å². The Hall–Kier alpha value is -4.72. The van der Waals surface area contributed by atoms with Gasteiger partial charge in [-0.05, 0) is 92.6 Å². The minimum atomic E-state index is -0.0205. The van der Waals surface area contributed by atoms with Gasteiger partial charge < -0.3 is 0 Å². The molecular formula is C45H34S. The Morgan fingerprint density at radius 3 is 2.48 bits per heavy atom. The van der Waals surface area contributed by atoms with Crippen molar-refractivity contribution in [2.24, 2.45) is 5.41 Å². The molecule has 0 radical (unpaired) electrons. The van der Waals surface area contributed by atoms with E-state index >= 15 is 0 Å². The highest BCUT2D eigenvalue weighted by atomic mass is 32.1. The molecule has 0 saturated heterocycles. The molecule has 6 aromatic rings. The summed E-state index contributed by atoms with van der Waals surface area (Å²) >= 11 is 1.96. The Kier molecular flexibility index (Phi) is 5.55. The minimum absolute atomic E-state index is 0.0205. The number of rotatable bonds is 3. The highest BCUT2D eigenvalue weighted by molar-refractivity contribution is 7.26. The average molecular weight is 607 g/mol. The van der Waals surface area contributed by atoms with Crippen molar-refractivity contribution in [1.29, 1.82) is 0 Å². The molecule has 1 heteroatoms. The summed E-state index contributed by atoms with van der Waals surface area (Å²) in [6.07, 6.45) is 15.2. The summed E-state index contributed by atoms with van der Waals surface area (Å²) < 4.78 is 2.81. The van der Waals surface area contributed by atoms with E-state index in [1.807, 2.05) is 11.3 Å². The van der Waals surface area contributed by atoms with Crippen LogP contribution in [0, 0.1) is 12.3 Å². The van der Waals surface area contributed by atoms with Crippen LogP contribution in [-0.2, 0) is 0 Å². The second-order valence-electron chi connectivity index (χ2n) is 13.7. The van der Waals surface area contributed by atoms with E-state index < -0.39 is 0 Å². The van der Waals surface area contributed by atoms with E-state index in [-0.39, 0.29) is 5.41 Å². The average Bonchev–Trinajstić information content (AvgIpc) is 3.61. The largest absolute Gasteiger partial charge is 0.135 e. The van der Waals surface area contributed by atoms with Crippen molar-refractivity contribution < 1.29 is 0 Å². The fraction of sp³-hybridized carbons (Fsp3) is 0.156. The molecule has 0 amide bonds. The molecule has 3 unspecified atom stereocenters. The Bertz CT molecular complexity index is 2380. The molecule has 0 N–H and O–H groups in total. The second kappa shape index (κ2) is 9.64. The summed E-state index contributed by atoms with van der Waals surface area (Å²) in [6.45, 7) is 4.64. The summed E-state index contributed by atoms with van der Waals surface area (Å²) in [5, 5.41) is 2.83. The zero-order valence-electron chi connectivity index (χ0n) is 26.1. The van der Waals surface area contributed by atoms with Crippen molar-refractivity contribution in [3.63, 3.8) is 0 Å². The van der Waals surface area contributed by atoms with Gasteiger partial charge in [-0.15, -0.1) is 11.3 Å². The van der Waals surface area contributed by atoms with Crippen molar-refractivity contribution in [2.45, 2.75) is 38.0 Å². The van der Waals surface area contributed by atoms with Crippen molar-refractivity contribution in [1.82, 2.24) is 0 Å². The van der Waals surface area contributed by atoms with E-state index in [1.54, 1.807) is 0 Å². The molecule has 4 atom stereocenters. The Morgan fingerprint density at radius 2 is 1.57 bits per heavy atom. The first-order chi connectivity index (χ1) is 22.6. The Morgan fingerprint density at radius 1 is 0.717 bits per heavy atom. The van der Waals surface area contributed by atoms with Crippen LogP contribution in [0.5, 0.6) is 0 Å². The van der Waals surface area contributed by atoms with E-state index in [9.17, 15) is 0 Å². The fourth-order valence-corrected chi connectivity index (χ4v) is 10.4. The summed E-state index contributed by atoms with van der Waals surface area (Å²) in [5.41, 5.74) is 15.4. The topological polar surface area (TPSA) is 0 Å². The first kappa shape index (κ1) is 26.5. The third kappa shape index (κ3) is 3.55. The molecule has 220 valence electrons. The number of thiophene rings is 1. The molecule has 0 nitrogen and oxygen atoms in total. The molecule has 4 aliphatic rings. The molecular weight excluding hydrogens is 573 g/mol. The van der Waals surface area contributed by atoms with Gasteiger partial charge in [-0.2, -0.15) is 0 Å². The van der Waals surface area contributed by atoms with Gasteiger partial charge in [0.25, 0.3) is 0 Å².